The Hall–Kier alpha value is -2.54. The van der Waals surface area contributed by atoms with Gasteiger partial charge in [0.05, 0.1) is 24.2 Å². The second kappa shape index (κ2) is 8.43. The van der Waals surface area contributed by atoms with Crippen molar-refractivity contribution in [3.63, 3.8) is 0 Å². The summed E-state index contributed by atoms with van der Waals surface area (Å²) in [6, 6.07) is 15.9. The van der Waals surface area contributed by atoms with Crippen molar-refractivity contribution in [3.8, 4) is 11.5 Å². The van der Waals surface area contributed by atoms with E-state index >= 15 is 0 Å². The highest BCUT2D eigenvalue weighted by atomic mass is 32.2. The van der Waals surface area contributed by atoms with Gasteiger partial charge in [0.1, 0.15) is 0 Å². The van der Waals surface area contributed by atoms with Crippen molar-refractivity contribution in [3.05, 3.63) is 54.6 Å². The van der Waals surface area contributed by atoms with E-state index in [1.165, 1.54) is 0 Å². The zero-order valence-electron chi connectivity index (χ0n) is 15.2. The molecule has 3 rings (SSSR count). The van der Waals surface area contributed by atoms with Crippen molar-refractivity contribution >= 4 is 21.4 Å². The number of hydrogen-bond acceptors (Lipinski definition) is 5. The zero-order valence-corrected chi connectivity index (χ0v) is 16.0. The fourth-order valence-electron chi connectivity index (χ4n) is 3.18. The van der Waals surface area contributed by atoms with Gasteiger partial charge in [-0.3, -0.25) is 4.79 Å². The number of rotatable bonds is 7. The molecule has 0 saturated carbocycles. The van der Waals surface area contributed by atoms with Gasteiger partial charge in [0, 0.05) is 5.69 Å². The first-order valence-electron chi connectivity index (χ1n) is 8.92. The van der Waals surface area contributed by atoms with E-state index < -0.39 is 9.84 Å². The number of nitrogens with zero attached hydrogens (tertiary/aromatic N) is 1. The van der Waals surface area contributed by atoms with Gasteiger partial charge in [-0.25, -0.2) is 8.42 Å². The lowest BCUT2D eigenvalue weighted by molar-refractivity contribution is -0.121. The average molecular weight is 389 g/mol. The molecule has 0 aliphatic carbocycles. The van der Waals surface area contributed by atoms with Crippen LogP contribution in [-0.4, -0.2) is 45.1 Å². The van der Waals surface area contributed by atoms with Crippen molar-refractivity contribution in [1.29, 1.82) is 0 Å². The average Bonchev–Trinajstić information content (AvgIpc) is 3.02. The maximum Gasteiger partial charge on any atom is 0.265 e. The second-order valence-corrected chi connectivity index (χ2v) is 8.55. The van der Waals surface area contributed by atoms with Gasteiger partial charge in [-0.2, -0.15) is 0 Å². The SMILES string of the molecule is CCOc1ccccc1OCC(=O)N(c1ccccc1)[C@H]1CCS(=O)(=O)C1. The Bertz CT molecular complexity index is 882. The van der Waals surface area contributed by atoms with Crippen molar-refractivity contribution in [2.45, 2.75) is 19.4 Å². The third-order valence-electron chi connectivity index (χ3n) is 4.38. The largest absolute Gasteiger partial charge is 0.490 e. The van der Waals surface area contributed by atoms with Crippen LogP contribution in [0.5, 0.6) is 11.5 Å². The predicted octanol–water partition coefficient (Wildman–Crippen LogP) is 2.68. The maximum atomic E-state index is 12.9. The van der Waals surface area contributed by atoms with Gasteiger partial charge in [0.2, 0.25) is 0 Å². The number of benzene rings is 2. The first-order chi connectivity index (χ1) is 13.0. The van der Waals surface area contributed by atoms with Crippen molar-refractivity contribution in [2.75, 3.05) is 29.6 Å². The van der Waals surface area contributed by atoms with Crippen LogP contribution in [-0.2, 0) is 14.6 Å². The molecule has 1 atom stereocenters. The summed E-state index contributed by atoms with van der Waals surface area (Å²) in [6.45, 7) is 2.17. The number of anilines is 1. The Morgan fingerprint density at radius 3 is 2.26 bits per heavy atom. The first-order valence-corrected chi connectivity index (χ1v) is 10.7. The highest BCUT2D eigenvalue weighted by molar-refractivity contribution is 7.91. The fraction of sp³-hybridized carbons (Fsp3) is 0.350. The molecule has 2 aromatic rings. The summed E-state index contributed by atoms with van der Waals surface area (Å²) in [5.74, 6) is 0.850. The number of hydrogen-bond donors (Lipinski definition) is 0. The Labute approximate surface area is 159 Å². The van der Waals surface area contributed by atoms with E-state index in [1.807, 2.05) is 31.2 Å². The van der Waals surface area contributed by atoms with Crippen LogP contribution in [0.1, 0.15) is 13.3 Å². The standard InChI is InChI=1S/C20H23NO5S/c1-2-25-18-10-6-7-11-19(18)26-14-20(22)21(16-8-4-3-5-9-16)17-12-13-27(23,24)15-17/h3-11,17H,2,12-15H2,1H3/t17-/m0/s1. The monoisotopic (exact) mass is 389 g/mol. The smallest absolute Gasteiger partial charge is 0.265 e. The Morgan fingerprint density at radius 2 is 1.67 bits per heavy atom. The van der Waals surface area contributed by atoms with Crippen LogP contribution in [0.4, 0.5) is 5.69 Å². The molecule has 6 nitrogen and oxygen atoms in total. The normalized spacial score (nSPS) is 18.0. The molecule has 1 aliphatic rings. The number of ether oxygens (including phenoxy) is 2. The van der Waals surface area contributed by atoms with E-state index in [-0.39, 0.29) is 30.1 Å². The molecule has 144 valence electrons. The minimum atomic E-state index is -3.12. The van der Waals surface area contributed by atoms with Crippen LogP contribution in [0.15, 0.2) is 54.6 Å². The van der Waals surface area contributed by atoms with E-state index in [0.717, 1.165) is 0 Å². The topological polar surface area (TPSA) is 72.9 Å². The maximum absolute atomic E-state index is 12.9. The van der Waals surface area contributed by atoms with E-state index in [2.05, 4.69) is 0 Å². The molecule has 0 aromatic heterocycles. The first kappa shape index (κ1) is 19.2. The van der Waals surface area contributed by atoms with Crippen molar-refractivity contribution in [2.24, 2.45) is 0 Å². The van der Waals surface area contributed by atoms with Crippen LogP contribution in [0, 0.1) is 0 Å². The van der Waals surface area contributed by atoms with Crippen molar-refractivity contribution in [1.82, 2.24) is 0 Å². The van der Waals surface area contributed by atoms with E-state index in [1.54, 1.807) is 35.2 Å². The number of carbonyl (C=O) groups excluding carboxylic acids is 1. The Morgan fingerprint density at radius 1 is 1.04 bits per heavy atom. The number of sulfone groups is 1. The minimum absolute atomic E-state index is 0.0246. The van der Waals surface area contributed by atoms with Crippen LogP contribution >= 0.6 is 0 Å². The molecule has 27 heavy (non-hydrogen) atoms. The highest BCUT2D eigenvalue weighted by Crippen LogP contribution is 2.28. The lowest BCUT2D eigenvalue weighted by Crippen LogP contribution is -2.43. The van der Waals surface area contributed by atoms with Crippen LogP contribution in [0.2, 0.25) is 0 Å². The summed E-state index contributed by atoms with van der Waals surface area (Å²) >= 11 is 0. The number of amides is 1. The quantitative estimate of drug-likeness (QED) is 0.728. The molecule has 1 heterocycles. The summed E-state index contributed by atoms with van der Waals surface area (Å²) in [4.78, 5) is 14.5. The van der Waals surface area contributed by atoms with Gasteiger partial charge in [0.15, 0.2) is 27.9 Å². The molecule has 0 radical (unpaired) electrons. The van der Waals surface area contributed by atoms with Gasteiger partial charge in [0.25, 0.3) is 5.91 Å². The molecular weight excluding hydrogens is 366 g/mol. The third kappa shape index (κ3) is 4.80. The summed E-state index contributed by atoms with van der Waals surface area (Å²) in [6.07, 6.45) is 0.429. The summed E-state index contributed by atoms with van der Waals surface area (Å²) in [7, 11) is -3.12. The summed E-state index contributed by atoms with van der Waals surface area (Å²) in [5.41, 5.74) is 0.672. The second-order valence-electron chi connectivity index (χ2n) is 6.32. The Kier molecular flexibility index (Phi) is 6.01. The molecule has 0 N–H and O–H groups in total. The van der Waals surface area contributed by atoms with Gasteiger partial charge in [-0.1, -0.05) is 30.3 Å². The molecule has 1 fully saturated rings. The molecule has 0 bridgehead atoms. The Balaban J connectivity index is 1.78. The molecule has 0 spiro atoms. The summed E-state index contributed by atoms with van der Waals surface area (Å²) < 4.78 is 35.0. The van der Waals surface area contributed by atoms with Gasteiger partial charge in [-0.15, -0.1) is 0 Å². The molecule has 0 unspecified atom stereocenters. The molecule has 7 heteroatoms. The molecular formula is C20H23NO5S. The van der Waals surface area contributed by atoms with Crippen LogP contribution in [0.3, 0.4) is 0 Å². The van der Waals surface area contributed by atoms with E-state index in [4.69, 9.17) is 9.47 Å². The molecule has 1 saturated heterocycles. The van der Waals surface area contributed by atoms with Crippen LogP contribution in [0.25, 0.3) is 0 Å². The predicted molar refractivity (Wildman–Crippen MR) is 104 cm³/mol. The third-order valence-corrected chi connectivity index (χ3v) is 6.13. The van der Waals surface area contributed by atoms with Crippen molar-refractivity contribution < 1.29 is 22.7 Å². The summed E-state index contributed by atoms with van der Waals surface area (Å²) in [5, 5.41) is 0. The lowest BCUT2D eigenvalue weighted by atomic mass is 10.2. The lowest BCUT2D eigenvalue weighted by Gasteiger charge is -2.28. The molecule has 1 aliphatic heterocycles. The van der Waals surface area contributed by atoms with Gasteiger partial charge in [-0.05, 0) is 37.6 Å². The number of carbonyl (C=O) groups is 1. The fourth-order valence-corrected chi connectivity index (χ4v) is 4.88. The van der Waals surface area contributed by atoms with Gasteiger partial charge < -0.3 is 14.4 Å². The number of para-hydroxylation sites is 3. The van der Waals surface area contributed by atoms with E-state index in [9.17, 15) is 13.2 Å². The highest BCUT2D eigenvalue weighted by Gasteiger charge is 2.35. The van der Waals surface area contributed by atoms with Crippen LogP contribution < -0.4 is 14.4 Å². The zero-order chi connectivity index (χ0) is 19.3. The van der Waals surface area contributed by atoms with Gasteiger partial charge >= 0.3 is 0 Å². The minimum Gasteiger partial charge on any atom is -0.490 e. The molecule has 1 amide bonds. The molecule has 2 aromatic carbocycles. The van der Waals surface area contributed by atoms with E-state index in [0.29, 0.717) is 30.2 Å².